The van der Waals surface area contributed by atoms with Gasteiger partial charge in [0.05, 0.1) is 6.61 Å². The summed E-state index contributed by atoms with van der Waals surface area (Å²) in [4.78, 5) is 4.67. The van der Waals surface area contributed by atoms with Crippen LogP contribution in [-0.4, -0.2) is 38.7 Å². The Kier molecular flexibility index (Phi) is 6.95. The minimum atomic E-state index is 0.704. The molecule has 0 amide bonds. The third kappa shape index (κ3) is 5.95. The van der Waals surface area contributed by atoms with Crippen LogP contribution in [0.2, 0.25) is 0 Å². The highest BCUT2D eigenvalue weighted by atomic mass is 16.5. The van der Waals surface area contributed by atoms with Crippen LogP contribution in [0.4, 0.5) is 5.69 Å². The summed E-state index contributed by atoms with van der Waals surface area (Å²) in [6.45, 7) is 5.79. The molecule has 2 rings (SSSR count). The molecule has 3 heteroatoms. The fraction of sp³-hybridized carbons (Fsp3) is 0.400. The molecule has 0 spiro atoms. The van der Waals surface area contributed by atoms with Gasteiger partial charge in [-0.1, -0.05) is 30.3 Å². The van der Waals surface area contributed by atoms with Gasteiger partial charge in [0, 0.05) is 18.8 Å². The second kappa shape index (κ2) is 9.21. The van der Waals surface area contributed by atoms with Gasteiger partial charge in [-0.25, -0.2) is 0 Å². The number of rotatable bonds is 9. The van der Waals surface area contributed by atoms with Crippen molar-refractivity contribution < 1.29 is 4.74 Å². The number of ether oxygens (including phenoxy) is 1. The zero-order valence-corrected chi connectivity index (χ0v) is 14.5. The molecule has 2 aromatic carbocycles. The molecular weight excluding hydrogens is 284 g/mol. The van der Waals surface area contributed by atoms with Gasteiger partial charge in [0.15, 0.2) is 0 Å². The zero-order valence-electron chi connectivity index (χ0n) is 14.5. The summed E-state index contributed by atoms with van der Waals surface area (Å²) < 4.78 is 5.55. The summed E-state index contributed by atoms with van der Waals surface area (Å²) >= 11 is 0. The average molecular weight is 312 g/mol. The summed E-state index contributed by atoms with van der Waals surface area (Å²) in [7, 11) is 4.25. The molecule has 0 unspecified atom stereocenters. The van der Waals surface area contributed by atoms with Crippen molar-refractivity contribution >= 4 is 5.69 Å². The molecule has 0 aliphatic rings. The molecule has 0 radical (unpaired) electrons. The van der Waals surface area contributed by atoms with E-state index in [1.807, 2.05) is 6.92 Å². The highest BCUT2D eigenvalue weighted by Crippen LogP contribution is 2.21. The first-order chi connectivity index (χ1) is 11.2. The van der Waals surface area contributed by atoms with Crippen LogP contribution in [0, 0.1) is 0 Å². The number of benzene rings is 2. The quantitative estimate of drug-likeness (QED) is 0.695. The van der Waals surface area contributed by atoms with Gasteiger partial charge in [-0.3, -0.25) is 0 Å². The average Bonchev–Trinajstić information content (AvgIpc) is 2.56. The predicted molar refractivity (Wildman–Crippen MR) is 98.3 cm³/mol. The van der Waals surface area contributed by atoms with E-state index in [9.17, 15) is 0 Å². The first-order valence-corrected chi connectivity index (χ1v) is 8.35. The van der Waals surface area contributed by atoms with E-state index in [1.165, 1.54) is 11.3 Å². The van der Waals surface area contributed by atoms with Crippen LogP contribution in [0.3, 0.4) is 0 Å². The van der Waals surface area contributed by atoms with Gasteiger partial charge in [-0.15, -0.1) is 0 Å². The lowest BCUT2D eigenvalue weighted by Crippen LogP contribution is -2.26. The molecule has 23 heavy (non-hydrogen) atoms. The minimum absolute atomic E-state index is 0.704. The third-order valence-corrected chi connectivity index (χ3v) is 3.76. The van der Waals surface area contributed by atoms with Crippen molar-refractivity contribution in [3.8, 4) is 5.75 Å². The Morgan fingerprint density at radius 1 is 0.870 bits per heavy atom. The molecule has 0 aromatic heterocycles. The van der Waals surface area contributed by atoms with Gasteiger partial charge < -0.3 is 14.5 Å². The van der Waals surface area contributed by atoms with Crippen LogP contribution in [0.25, 0.3) is 0 Å². The molecule has 3 nitrogen and oxygen atoms in total. The van der Waals surface area contributed by atoms with Crippen LogP contribution >= 0.6 is 0 Å². The molecular formula is C20H28N2O. The highest BCUT2D eigenvalue weighted by Gasteiger charge is 2.08. The molecule has 0 fully saturated rings. The van der Waals surface area contributed by atoms with Crippen LogP contribution in [-0.2, 0) is 6.54 Å². The van der Waals surface area contributed by atoms with Crippen molar-refractivity contribution in [2.45, 2.75) is 19.9 Å². The smallest absolute Gasteiger partial charge is 0.119 e. The van der Waals surface area contributed by atoms with Crippen LogP contribution < -0.4 is 9.64 Å². The fourth-order valence-electron chi connectivity index (χ4n) is 2.60. The number of hydrogen-bond donors (Lipinski definition) is 0. The van der Waals surface area contributed by atoms with Crippen LogP contribution in [0.5, 0.6) is 5.75 Å². The van der Waals surface area contributed by atoms with Gasteiger partial charge >= 0.3 is 0 Å². The lowest BCUT2D eigenvalue weighted by molar-refractivity contribution is 0.340. The first kappa shape index (κ1) is 17.4. The maximum atomic E-state index is 5.55. The van der Waals surface area contributed by atoms with E-state index in [0.717, 1.165) is 31.8 Å². The van der Waals surface area contributed by atoms with Crippen LogP contribution in [0.1, 0.15) is 18.9 Å². The van der Waals surface area contributed by atoms with Gasteiger partial charge in [0.1, 0.15) is 5.75 Å². The summed E-state index contributed by atoms with van der Waals surface area (Å²) in [6.07, 6.45) is 1.15. The predicted octanol–water partition coefficient (Wildman–Crippen LogP) is 4.04. The SMILES string of the molecule is CCOc1ccc(N(CCCN(C)C)Cc2ccccc2)cc1. The van der Waals surface area contributed by atoms with Gasteiger partial charge in [0.2, 0.25) is 0 Å². The Morgan fingerprint density at radius 2 is 1.57 bits per heavy atom. The zero-order chi connectivity index (χ0) is 16.5. The van der Waals surface area contributed by atoms with E-state index < -0.39 is 0 Å². The standard InChI is InChI=1S/C20H28N2O/c1-4-23-20-13-11-19(12-14-20)22(16-8-15-21(2)3)17-18-9-6-5-7-10-18/h5-7,9-14H,4,8,15-17H2,1-3H3. The van der Waals surface area contributed by atoms with E-state index in [4.69, 9.17) is 4.74 Å². The van der Waals surface area contributed by atoms with Gasteiger partial charge in [-0.05, 0) is 63.8 Å². The highest BCUT2D eigenvalue weighted by molar-refractivity contribution is 5.49. The topological polar surface area (TPSA) is 15.7 Å². The van der Waals surface area contributed by atoms with Crippen molar-refractivity contribution in [2.24, 2.45) is 0 Å². The lowest BCUT2D eigenvalue weighted by Gasteiger charge is -2.26. The Balaban J connectivity index is 2.08. The normalized spacial score (nSPS) is 10.8. The Hall–Kier alpha value is -2.00. The van der Waals surface area contributed by atoms with Crippen molar-refractivity contribution in [1.82, 2.24) is 4.90 Å². The molecule has 0 saturated heterocycles. The molecule has 0 N–H and O–H groups in total. The van der Waals surface area contributed by atoms with Gasteiger partial charge in [-0.2, -0.15) is 0 Å². The van der Waals surface area contributed by atoms with Crippen molar-refractivity contribution in [2.75, 3.05) is 38.7 Å². The third-order valence-electron chi connectivity index (χ3n) is 3.76. The van der Waals surface area contributed by atoms with Crippen molar-refractivity contribution in [1.29, 1.82) is 0 Å². The second-order valence-corrected chi connectivity index (χ2v) is 5.99. The Morgan fingerprint density at radius 3 is 2.17 bits per heavy atom. The monoisotopic (exact) mass is 312 g/mol. The van der Waals surface area contributed by atoms with E-state index in [2.05, 4.69) is 78.5 Å². The lowest BCUT2D eigenvalue weighted by atomic mass is 10.2. The van der Waals surface area contributed by atoms with Gasteiger partial charge in [0.25, 0.3) is 0 Å². The molecule has 0 heterocycles. The Bertz CT molecular complexity index is 552. The fourth-order valence-corrected chi connectivity index (χ4v) is 2.60. The van der Waals surface area contributed by atoms with Crippen molar-refractivity contribution in [3.05, 3.63) is 60.2 Å². The first-order valence-electron chi connectivity index (χ1n) is 8.35. The molecule has 2 aromatic rings. The molecule has 0 saturated carbocycles. The van der Waals surface area contributed by atoms with E-state index in [0.29, 0.717) is 6.61 Å². The molecule has 0 aliphatic heterocycles. The summed E-state index contributed by atoms with van der Waals surface area (Å²) in [6, 6.07) is 19.1. The number of anilines is 1. The Labute approximate surface area is 140 Å². The van der Waals surface area contributed by atoms with Crippen LogP contribution in [0.15, 0.2) is 54.6 Å². The second-order valence-electron chi connectivity index (χ2n) is 5.99. The summed E-state index contributed by atoms with van der Waals surface area (Å²) in [5, 5.41) is 0. The van der Waals surface area contributed by atoms with Crippen molar-refractivity contribution in [3.63, 3.8) is 0 Å². The van der Waals surface area contributed by atoms with E-state index >= 15 is 0 Å². The maximum Gasteiger partial charge on any atom is 0.119 e. The number of nitrogens with zero attached hydrogens (tertiary/aromatic N) is 2. The molecule has 124 valence electrons. The summed E-state index contributed by atoms with van der Waals surface area (Å²) in [5.41, 5.74) is 2.59. The maximum absolute atomic E-state index is 5.55. The summed E-state index contributed by atoms with van der Waals surface area (Å²) in [5.74, 6) is 0.934. The molecule has 0 atom stereocenters. The number of hydrogen-bond acceptors (Lipinski definition) is 3. The molecule has 0 aliphatic carbocycles. The van der Waals surface area contributed by atoms with E-state index in [1.54, 1.807) is 0 Å². The minimum Gasteiger partial charge on any atom is -0.494 e. The largest absolute Gasteiger partial charge is 0.494 e. The van der Waals surface area contributed by atoms with E-state index in [-0.39, 0.29) is 0 Å². The molecule has 0 bridgehead atoms.